The lowest BCUT2D eigenvalue weighted by Gasteiger charge is -2.07. The third-order valence-corrected chi connectivity index (χ3v) is 3.72. The minimum absolute atomic E-state index is 0.159. The van der Waals surface area contributed by atoms with Crippen molar-refractivity contribution >= 4 is 11.6 Å². The third kappa shape index (κ3) is 2.54. The molecule has 5 heteroatoms. The van der Waals surface area contributed by atoms with Gasteiger partial charge in [0.1, 0.15) is 11.3 Å². The van der Waals surface area contributed by atoms with E-state index in [1.54, 1.807) is 31.4 Å². The summed E-state index contributed by atoms with van der Waals surface area (Å²) >= 11 is 0. The Labute approximate surface area is 122 Å². The summed E-state index contributed by atoms with van der Waals surface area (Å²) in [5.74, 6) is 0.319. The molecule has 5 nitrogen and oxygen atoms in total. The highest BCUT2D eigenvalue weighted by molar-refractivity contribution is 6.04. The van der Waals surface area contributed by atoms with Crippen molar-refractivity contribution in [3.05, 3.63) is 57.5 Å². The summed E-state index contributed by atoms with van der Waals surface area (Å²) in [6.07, 6.45) is 4.09. The first kappa shape index (κ1) is 13.4. The normalized spacial score (nSPS) is 12.8. The molecular formula is C16H16N2O3. The van der Waals surface area contributed by atoms with Gasteiger partial charge >= 0.3 is 0 Å². The van der Waals surface area contributed by atoms with E-state index in [0.717, 1.165) is 30.5 Å². The van der Waals surface area contributed by atoms with Crippen LogP contribution < -0.4 is 15.5 Å². The van der Waals surface area contributed by atoms with Crippen molar-refractivity contribution in [2.75, 3.05) is 12.4 Å². The summed E-state index contributed by atoms with van der Waals surface area (Å²) in [6.45, 7) is 0. The van der Waals surface area contributed by atoms with Crippen molar-refractivity contribution in [2.24, 2.45) is 0 Å². The number of anilines is 1. The van der Waals surface area contributed by atoms with Gasteiger partial charge in [0, 0.05) is 23.1 Å². The van der Waals surface area contributed by atoms with Crippen molar-refractivity contribution in [3.8, 4) is 5.75 Å². The van der Waals surface area contributed by atoms with Crippen LogP contribution in [0, 0.1) is 0 Å². The molecule has 21 heavy (non-hydrogen) atoms. The van der Waals surface area contributed by atoms with Crippen LogP contribution in [0.3, 0.4) is 0 Å². The van der Waals surface area contributed by atoms with Crippen LogP contribution >= 0.6 is 0 Å². The molecule has 0 radical (unpaired) electrons. The molecule has 0 saturated heterocycles. The first-order valence-corrected chi connectivity index (χ1v) is 6.88. The number of pyridine rings is 1. The lowest BCUT2D eigenvalue weighted by molar-refractivity contribution is 0.102. The number of carbonyl (C=O) groups excluding carboxylic acids is 1. The molecule has 0 fully saturated rings. The van der Waals surface area contributed by atoms with E-state index in [9.17, 15) is 9.59 Å². The fourth-order valence-corrected chi connectivity index (χ4v) is 2.58. The lowest BCUT2D eigenvalue weighted by Crippen LogP contribution is -2.24. The summed E-state index contributed by atoms with van der Waals surface area (Å²) in [6, 6.07) is 6.97. The summed E-state index contributed by atoms with van der Waals surface area (Å²) in [5, 5.41) is 2.73. The Kier molecular flexibility index (Phi) is 3.48. The average molecular weight is 284 g/mol. The quantitative estimate of drug-likeness (QED) is 0.907. The number of amides is 1. The number of aromatic amines is 1. The number of hydrogen-bond acceptors (Lipinski definition) is 3. The molecule has 108 valence electrons. The number of methoxy groups -OCH3 is 1. The molecule has 0 bridgehead atoms. The highest BCUT2D eigenvalue weighted by Crippen LogP contribution is 2.18. The van der Waals surface area contributed by atoms with Crippen LogP contribution in [0.5, 0.6) is 5.75 Å². The monoisotopic (exact) mass is 284 g/mol. The van der Waals surface area contributed by atoms with E-state index in [1.807, 2.05) is 0 Å². The van der Waals surface area contributed by atoms with Crippen molar-refractivity contribution in [1.82, 2.24) is 4.98 Å². The van der Waals surface area contributed by atoms with Crippen LogP contribution in [0.4, 0.5) is 5.69 Å². The van der Waals surface area contributed by atoms with Crippen molar-refractivity contribution in [3.63, 3.8) is 0 Å². The second-order valence-electron chi connectivity index (χ2n) is 5.02. The van der Waals surface area contributed by atoms with E-state index >= 15 is 0 Å². The van der Waals surface area contributed by atoms with Gasteiger partial charge in [-0.2, -0.15) is 0 Å². The van der Waals surface area contributed by atoms with Crippen molar-refractivity contribution in [2.45, 2.75) is 19.3 Å². The van der Waals surface area contributed by atoms with Gasteiger partial charge in [-0.25, -0.2) is 0 Å². The van der Waals surface area contributed by atoms with Crippen LogP contribution in [0.2, 0.25) is 0 Å². The van der Waals surface area contributed by atoms with E-state index in [1.165, 1.54) is 6.20 Å². The predicted molar refractivity (Wildman–Crippen MR) is 80.0 cm³/mol. The Bertz CT molecular complexity index is 732. The summed E-state index contributed by atoms with van der Waals surface area (Å²) < 4.78 is 5.06. The van der Waals surface area contributed by atoms with E-state index in [-0.39, 0.29) is 11.0 Å². The van der Waals surface area contributed by atoms with Gasteiger partial charge in [0.25, 0.3) is 5.91 Å². The van der Waals surface area contributed by atoms with Crippen molar-refractivity contribution < 1.29 is 9.53 Å². The second kappa shape index (κ2) is 5.44. The summed E-state index contributed by atoms with van der Waals surface area (Å²) in [7, 11) is 1.58. The second-order valence-corrected chi connectivity index (χ2v) is 5.02. The Morgan fingerprint density at radius 2 is 2.00 bits per heavy atom. The van der Waals surface area contributed by atoms with Gasteiger partial charge in [0.05, 0.1) is 7.11 Å². The van der Waals surface area contributed by atoms with Gasteiger partial charge in [0.2, 0.25) is 0 Å². The Balaban J connectivity index is 1.84. The summed E-state index contributed by atoms with van der Waals surface area (Å²) in [5.41, 5.74) is 2.33. The molecule has 0 spiro atoms. The van der Waals surface area contributed by atoms with E-state index < -0.39 is 5.91 Å². The van der Waals surface area contributed by atoms with Crippen LogP contribution in [-0.2, 0) is 12.8 Å². The molecule has 0 atom stereocenters. The maximum Gasteiger partial charge on any atom is 0.261 e. The Morgan fingerprint density at radius 3 is 2.71 bits per heavy atom. The highest BCUT2D eigenvalue weighted by Gasteiger charge is 2.20. The zero-order valence-electron chi connectivity index (χ0n) is 11.7. The van der Waals surface area contributed by atoms with E-state index in [0.29, 0.717) is 11.4 Å². The minimum Gasteiger partial charge on any atom is -0.497 e. The molecule has 1 aliphatic carbocycles. The molecule has 3 rings (SSSR count). The molecule has 1 heterocycles. The molecule has 0 unspecified atom stereocenters. The standard InChI is InChI=1S/C16H16N2O3/c1-21-11-7-5-10(6-8-11)18-16(20)13-9-17-14-4-2-3-12(14)15(13)19/h5-9H,2-4H2,1H3,(H,17,19)(H,18,20). The molecule has 1 amide bonds. The molecule has 2 N–H and O–H groups in total. The number of aryl methyl sites for hydroxylation is 1. The third-order valence-electron chi connectivity index (χ3n) is 3.72. The zero-order valence-corrected chi connectivity index (χ0v) is 11.7. The number of H-pyrrole nitrogens is 1. The smallest absolute Gasteiger partial charge is 0.261 e. The highest BCUT2D eigenvalue weighted by atomic mass is 16.5. The van der Waals surface area contributed by atoms with Gasteiger partial charge in [-0.1, -0.05) is 0 Å². The van der Waals surface area contributed by atoms with Crippen LogP contribution in [0.25, 0.3) is 0 Å². The largest absolute Gasteiger partial charge is 0.497 e. The van der Waals surface area contributed by atoms with Gasteiger partial charge in [-0.05, 0) is 43.5 Å². The van der Waals surface area contributed by atoms with Crippen LogP contribution in [0.1, 0.15) is 28.0 Å². The molecule has 1 aliphatic rings. The molecule has 0 aliphatic heterocycles. The molecular weight excluding hydrogens is 268 g/mol. The maximum atomic E-state index is 12.3. The Hall–Kier alpha value is -2.56. The number of hydrogen-bond donors (Lipinski definition) is 2. The first-order valence-electron chi connectivity index (χ1n) is 6.88. The number of aromatic nitrogens is 1. The number of rotatable bonds is 3. The number of ether oxygens (including phenoxy) is 1. The fourth-order valence-electron chi connectivity index (χ4n) is 2.58. The zero-order chi connectivity index (χ0) is 14.8. The molecule has 0 saturated carbocycles. The number of benzene rings is 1. The van der Waals surface area contributed by atoms with Crippen molar-refractivity contribution in [1.29, 1.82) is 0 Å². The Morgan fingerprint density at radius 1 is 1.24 bits per heavy atom. The van der Waals surface area contributed by atoms with Gasteiger partial charge in [-0.3, -0.25) is 9.59 Å². The molecule has 1 aromatic carbocycles. The summed E-state index contributed by atoms with van der Waals surface area (Å²) in [4.78, 5) is 27.6. The first-order chi connectivity index (χ1) is 10.2. The van der Waals surface area contributed by atoms with E-state index in [2.05, 4.69) is 10.3 Å². The van der Waals surface area contributed by atoms with Crippen LogP contribution in [-0.4, -0.2) is 18.0 Å². The van der Waals surface area contributed by atoms with Crippen LogP contribution in [0.15, 0.2) is 35.3 Å². The lowest BCUT2D eigenvalue weighted by atomic mass is 10.1. The van der Waals surface area contributed by atoms with Gasteiger partial charge in [-0.15, -0.1) is 0 Å². The SMILES string of the molecule is COc1ccc(NC(=O)c2c[nH]c3c(c2=O)CCC3)cc1. The maximum absolute atomic E-state index is 12.3. The number of nitrogens with one attached hydrogen (secondary N) is 2. The topological polar surface area (TPSA) is 71.2 Å². The number of fused-ring (bicyclic) bond motifs is 1. The fraction of sp³-hybridized carbons (Fsp3) is 0.250. The predicted octanol–water partition coefficient (Wildman–Crippen LogP) is 2.12. The number of carbonyl (C=O) groups is 1. The van der Waals surface area contributed by atoms with E-state index in [4.69, 9.17) is 4.74 Å². The molecule has 2 aromatic rings. The molecule has 1 aromatic heterocycles. The van der Waals surface area contributed by atoms with Gasteiger partial charge < -0.3 is 15.0 Å². The van der Waals surface area contributed by atoms with Gasteiger partial charge in [0.15, 0.2) is 5.43 Å². The minimum atomic E-state index is -0.392. The average Bonchev–Trinajstić information content (AvgIpc) is 2.98.